The zero-order chi connectivity index (χ0) is 26.9. The molecule has 200 valence electrons. The van der Waals surface area contributed by atoms with Crippen LogP contribution in [0.4, 0.5) is 35.3 Å². The van der Waals surface area contributed by atoms with E-state index in [9.17, 15) is 23.1 Å². The number of nitrogens with one attached hydrogen (secondary N) is 1. The van der Waals surface area contributed by atoms with E-state index < -0.39 is 30.5 Å². The minimum absolute atomic E-state index is 0.0739. The summed E-state index contributed by atoms with van der Waals surface area (Å²) in [5.74, 6) is 0.905. The molecular formula is C25H25F3N6O4. The molecule has 2 aliphatic heterocycles. The largest absolute Gasteiger partial charge is 0.491 e. The first-order chi connectivity index (χ1) is 18.2. The fourth-order valence-electron chi connectivity index (χ4n) is 4.54. The normalized spacial score (nSPS) is 17.6. The van der Waals surface area contributed by atoms with Gasteiger partial charge in [0.2, 0.25) is 0 Å². The van der Waals surface area contributed by atoms with Crippen molar-refractivity contribution in [1.29, 1.82) is 0 Å². The summed E-state index contributed by atoms with van der Waals surface area (Å²) in [7, 11) is 0. The summed E-state index contributed by atoms with van der Waals surface area (Å²) in [4.78, 5) is 30.1. The molecule has 1 aromatic carbocycles. The van der Waals surface area contributed by atoms with E-state index >= 15 is 0 Å². The first-order valence-corrected chi connectivity index (χ1v) is 12.0. The number of carbonyl (C=O) groups excluding carboxylic acids is 1. The maximum Gasteiger partial charge on any atom is 0.416 e. The Labute approximate surface area is 215 Å². The summed E-state index contributed by atoms with van der Waals surface area (Å²) in [5.41, 5.74) is -0.00798. The summed E-state index contributed by atoms with van der Waals surface area (Å²) in [6, 6.07) is 7.06. The fourth-order valence-corrected chi connectivity index (χ4v) is 4.54. The van der Waals surface area contributed by atoms with Gasteiger partial charge in [0.25, 0.3) is 0 Å². The van der Waals surface area contributed by atoms with Crippen LogP contribution in [0, 0.1) is 0 Å². The number of amides is 2. The predicted molar refractivity (Wildman–Crippen MR) is 132 cm³/mol. The number of anilines is 3. The highest BCUT2D eigenvalue weighted by molar-refractivity contribution is 6.04. The van der Waals surface area contributed by atoms with Crippen molar-refractivity contribution in [1.82, 2.24) is 15.0 Å². The van der Waals surface area contributed by atoms with Gasteiger partial charge >= 0.3 is 12.2 Å². The first kappa shape index (κ1) is 25.7. The smallest absolute Gasteiger partial charge is 0.416 e. The molecule has 0 saturated carbocycles. The monoisotopic (exact) mass is 530 g/mol. The van der Waals surface area contributed by atoms with Gasteiger partial charge in [0, 0.05) is 30.9 Å². The number of aliphatic hydroxyl groups is 2. The van der Waals surface area contributed by atoms with Crippen molar-refractivity contribution in [3.63, 3.8) is 0 Å². The lowest BCUT2D eigenvalue weighted by Gasteiger charge is -2.45. The van der Waals surface area contributed by atoms with Gasteiger partial charge in [-0.05, 0) is 31.0 Å². The standard InChI is InChI=1S/C25H25F3N6O4/c26-25(27,28)16-4-1-3-15(9-16)22-30-11-20-23(32-22)34(17-5-2-8-33(20)12-17)24(37)31-21-10-19(6-7-29-21)38-14-18(36)13-35/h1,3-4,6-7,9-11,17-18,35-36H,2,5,8,12-14H2,(H,29,31,37)/t17-,18-/m0/s1. The van der Waals surface area contributed by atoms with E-state index in [4.69, 9.17) is 9.84 Å². The van der Waals surface area contributed by atoms with Crippen LogP contribution in [-0.2, 0) is 6.18 Å². The third kappa shape index (κ3) is 5.34. The molecule has 2 amide bonds. The molecule has 0 unspecified atom stereocenters. The highest BCUT2D eigenvalue weighted by Gasteiger charge is 2.39. The number of halogens is 3. The van der Waals surface area contributed by atoms with Gasteiger partial charge in [-0.15, -0.1) is 0 Å². The number of hydrogen-bond acceptors (Lipinski definition) is 8. The SMILES string of the molecule is O=C(Nc1cc(OC[C@@H](O)CO)ccn1)N1c2nc(-c3cccc(C(F)(F)F)c3)ncc2N2CCC[C@H]1C2. The number of benzene rings is 1. The molecule has 0 aliphatic carbocycles. The topological polar surface area (TPSA) is 124 Å². The van der Waals surface area contributed by atoms with Crippen LogP contribution in [0.5, 0.6) is 5.75 Å². The maximum atomic E-state index is 13.5. The molecule has 4 heterocycles. The summed E-state index contributed by atoms with van der Waals surface area (Å²) < 4.78 is 45.2. The van der Waals surface area contributed by atoms with Crippen molar-refractivity contribution in [3.05, 3.63) is 54.4 Å². The molecule has 0 radical (unpaired) electrons. The molecule has 1 fully saturated rings. The summed E-state index contributed by atoms with van der Waals surface area (Å²) in [6.07, 6.45) is -1.03. The molecule has 10 nitrogen and oxygen atoms in total. The van der Waals surface area contributed by atoms with E-state index in [1.807, 2.05) is 0 Å². The number of pyridine rings is 1. The second-order valence-corrected chi connectivity index (χ2v) is 9.05. The van der Waals surface area contributed by atoms with Crippen LogP contribution in [0.2, 0.25) is 0 Å². The minimum atomic E-state index is -4.51. The van der Waals surface area contributed by atoms with Gasteiger partial charge in [-0.3, -0.25) is 10.2 Å². The Morgan fingerprint density at radius 1 is 1.24 bits per heavy atom. The Balaban J connectivity index is 1.44. The van der Waals surface area contributed by atoms with E-state index in [0.29, 0.717) is 23.8 Å². The van der Waals surface area contributed by atoms with E-state index in [1.54, 1.807) is 12.3 Å². The zero-order valence-corrected chi connectivity index (χ0v) is 20.1. The molecule has 2 aliphatic rings. The summed E-state index contributed by atoms with van der Waals surface area (Å²) in [6.45, 7) is 0.737. The van der Waals surface area contributed by atoms with E-state index in [-0.39, 0.29) is 29.9 Å². The zero-order valence-electron chi connectivity index (χ0n) is 20.1. The second kappa shape index (κ2) is 10.4. The molecule has 2 atom stereocenters. The van der Waals surface area contributed by atoms with Crippen LogP contribution in [0.3, 0.4) is 0 Å². The third-order valence-electron chi connectivity index (χ3n) is 6.37. The highest BCUT2D eigenvalue weighted by Crippen LogP contribution is 2.39. The molecule has 2 aromatic heterocycles. The number of aromatic nitrogens is 3. The van der Waals surface area contributed by atoms with Gasteiger partial charge in [-0.1, -0.05) is 12.1 Å². The van der Waals surface area contributed by atoms with Crippen LogP contribution in [-0.4, -0.2) is 69.6 Å². The fraction of sp³-hybridized carbons (Fsp3) is 0.360. The first-order valence-electron chi connectivity index (χ1n) is 12.0. The molecule has 38 heavy (non-hydrogen) atoms. The van der Waals surface area contributed by atoms with Crippen molar-refractivity contribution in [3.8, 4) is 17.1 Å². The number of aliphatic hydroxyl groups excluding tert-OH is 2. The molecule has 13 heteroatoms. The van der Waals surface area contributed by atoms with Crippen LogP contribution < -0.4 is 19.9 Å². The van der Waals surface area contributed by atoms with E-state index in [2.05, 4.69) is 25.2 Å². The number of hydrogen-bond donors (Lipinski definition) is 3. The van der Waals surface area contributed by atoms with Crippen molar-refractivity contribution in [2.24, 2.45) is 0 Å². The van der Waals surface area contributed by atoms with Gasteiger partial charge in [-0.25, -0.2) is 19.7 Å². The van der Waals surface area contributed by atoms with Gasteiger partial charge in [0.05, 0.1) is 30.1 Å². The van der Waals surface area contributed by atoms with Crippen LogP contribution in [0.1, 0.15) is 18.4 Å². The number of carbonyl (C=O) groups is 1. The Morgan fingerprint density at radius 2 is 2.08 bits per heavy atom. The average molecular weight is 531 g/mol. The number of alkyl halides is 3. The Morgan fingerprint density at radius 3 is 2.87 bits per heavy atom. The van der Waals surface area contributed by atoms with Crippen molar-refractivity contribution in [2.45, 2.75) is 31.2 Å². The highest BCUT2D eigenvalue weighted by atomic mass is 19.4. The summed E-state index contributed by atoms with van der Waals surface area (Å²) >= 11 is 0. The van der Waals surface area contributed by atoms with Crippen molar-refractivity contribution >= 4 is 23.4 Å². The lowest BCUT2D eigenvalue weighted by atomic mass is 10.0. The van der Waals surface area contributed by atoms with Gasteiger partial charge in [0.15, 0.2) is 11.6 Å². The number of urea groups is 1. The van der Waals surface area contributed by atoms with E-state index in [1.165, 1.54) is 29.3 Å². The molecule has 1 saturated heterocycles. The number of nitrogens with zero attached hydrogens (tertiary/aromatic N) is 5. The molecule has 0 spiro atoms. The summed E-state index contributed by atoms with van der Waals surface area (Å²) in [5, 5.41) is 21.2. The third-order valence-corrected chi connectivity index (χ3v) is 6.37. The quantitative estimate of drug-likeness (QED) is 0.444. The van der Waals surface area contributed by atoms with Crippen molar-refractivity contribution in [2.75, 3.05) is 41.4 Å². The molecule has 3 aromatic rings. The van der Waals surface area contributed by atoms with Crippen LogP contribution >= 0.6 is 0 Å². The van der Waals surface area contributed by atoms with Gasteiger partial charge in [0.1, 0.15) is 24.3 Å². The van der Waals surface area contributed by atoms with Gasteiger partial charge in [-0.2, -0.15) is 13.2 Å². The van der Waals surface area contributed by atoms with Gasteiger partial charge < -0.3 is 19.8 Å². The molecule has 3 N–H and O–H groups in total. The number of ether oxygens (including phenoxy) is 1. The number of fused-ring (bicyclic) bond motifs is 4. The Bertz CT molecular complexity index is 1320. The molecule has 2 bridgehead atoms. The Hall–Kier alpha value is -3.97. The molecular weight excluding hydrogens is 505 g/mol. The Kier molecular flexibility index (Phi) is 7.04. The van der Waals surface area contributed by atoms with Crippen molar-refractivity contribution < 1.29 is 32.9 Å². The maximum absolute atomic E-state index is 13.5. The molecule has 5 rings (SSSR count). The van der Waals surface area contributed by atoms with E-state index in [0.717, 1.165) is 31.5 Å². The van der Waals surface area contributed by atoms with Crippen LogP contribution in [0.25, 0.3) is 11.4 Å². The number of piperidine rings is 1. The number of rotatable bonds is 6. The van der Waals surface area contributed by atoms with Crippen LogP contribution in [0.15, 0.2) is 48.8 Å². The second-order valence-electron chi connectivity index (χ2n) is 9.05. The minimum Gasteiger partial charge on any atom is -0.491 e. The lowest BCUT2D eigenvalue weighted by molar-refractivity contribution is -0.137. The average Bonchev–Trinajstić information content (AvgIpc) is 2.91. The predicted octanol–water partition coefficient (Wildman–Crippen LogP) is 3.31. The lowest BCUT2D eigenvalue weighted by Crippen LogP contribution is -2.56.